The number of hydrogen-bond acceptors (Lipinski definition) is 2. The number of methoxy groups -OCH3 is 1. The first-order chi connectivity index (χ1) is 7.70. The smallest absolute Gasteiger partial charge is 0.138 e. The summed E-state index contributed by atoms with van der Waals surface area (Å²) in [7, 11) is 1.67. The van der Waals surface area contributed by atoms with Gasteiger partial charge in [-0.15, -0.1) is 0 Å². The Bertz CT molecular complexity index is 479. The lowest BCUT2D eigenvalue weighted by Gasteiger charge is -2.05. The maximum Gasteiger partial charge on any atom is 0.138 e. The van der Waals surface area contributed by atoms with Crippen molar-refractivity contribution in [3.8, 4) is 5.75 Å². The lowest BCUT2D eigenvalue weighted by molar-refractivity contribution is 0.414. The van der Waals surface area contributed by atoms with Crippen LogP contribution in [0.1, 0.15) is 5.56 Å². The number of halogens is 2. The van der Waals surface area contributed by atoms with Gasteiger partial charge in [0.1, 0.15) is 15.0 Å². The molecule has 0 aliphatic rings. The van der Waals surface area contributed by atoms with E-state index in [1.807, 2.05) is 28.8 Å². The molecule has 2 rings (SSSR count). The van der Waals surface area contributed by atoms with Crippen molar-refractivity contribution < 1.29 is 4.74 Å². The minimum atomic E-state index is 0.781. The molecule has 0 bridgehead atoms. The lowest BCUT2D eigenvalue weighted by Crippen LogP contribution is -1.98. The van der Waals surface area contributed by atoms with E-state index >= 15 is 0 Å². The highest BCUT2D eigenvalue weighted by atomic mass is 79.9. The van der Waals surface area contributed by atoms with Crippen molar-refractivity contribution >= 4 is 31.9 Å². The van der Waals surface area contributed by atoms with Crippen LogP contribution < -0.4 is 4.74 Å². The Kier molecular flexibility index (Phi) is 3.66. The van der Waals surface area contributed by atoms with Crippen molar-refractivity contribution in [2.24, 2.45) is 0 Å². The highest BCUT2D eigenvalue weighted by molar-refractivity contribution is 9.13. The number of aromatic nitrogens is 2. The van der Waals surface area contributed by atoms with Crippen LogP contribution in [0, 0.1) is 0 Å². The lowest BCUT2D eigenvalue weighted by atomic mass is 10.2. The molecule has 0 spiro atoms. The first-order valence-electron chi connectivity index (χ1n) is 4.70. The Labute approximate surface area is 111 Å². The molecule has 0 radical (unpaired) electrons. The van der Waals surface area contributed by atoms with Crippen molar-refractivity contribution in [3.63, 3.8) is 0 Å². The van der Waals surface area contributed by atoms with E-state index in [1.54, 1.807) is 13.4 Å². The van der Waals surface area contributed by atoms with Crippen LogP contribution in [0.25, 0.3) is 0 Å². The summed E-state index contributed by atoms with van der Waals surface area (Å²) in [6.45, 7) is 0.781. The second kappa shape index (κ2) is 5.01. The normalized spacial score (nSPS) is 10.4. The molecule has 5 heteroatoms. The molecule has 0 aliphatic carbocycles. The van der Waals surface area contributed by atoms with Crippen LogP contribution in [0.3, 0.4) is 0 Å². The van der Waals surface area contributed by atoms with Gasteiger partial charge in [0.2, 0.25) is 0 Å². The average molecular weight is 346 g/mol. The van der Waals surface area contributed by atoms with Gasteiger partial charge in [-0.2, -0.15) is 0 Å². The van der Waals surface area contributed by atoms with Crippen LogP contribution in [-0.4, -0.2) is 16.7 Å². The number of hydrogen-bond donors (Lipinski definition) is 0. The van der Waals surface area contributed by atoms with Crippen LogP contribution in [0.2, 0.25) is 0 Å². The van der Waals surface area contributed by atoms with Crippen LogP contribution in [0.4, 0.5) is 0 Å². The first kappa shape index (κ1) is 11.7. The van der Waals surface area contributed by atoms with E-state index in [4.69, 9.17) is 4.74 Å². The molecule has 3 nitrogen and oxygen atoms in total. The third kappa shape index (κ3) is 2.47. The Morgan fingerprint density at radius 2 is 1.94 bits per heavy atom. The summed E-state index contributed by atoms with van der Waals surface area (Å²) in [4.78, 5) is 4.15. The number of rotatable bonds is 3. The SMILES string of the molecule is COc1ccc(Cn2cnc(Br)c2Br)cc1. The quantitative estimate of drug-likeness (QED) is 0.851. The van der Waals surface area contributed by atoms with Gasteiger partial charge < -0.3 is 9.30 Å². The molecule has 1 heterocycles. The van der Waals surface area contributed by atoms with E-state index in [9.17, 15) is 0 Å². The summed E-state index contributed by atoms with van der Waals surface area (Å²) in [6, 6.07) is 7.99. The fourth-order valence-electron chi connectivity index (χ4n) is 1.38. The van der Waals surface area contributed by atoms with E-state index in [0.29, 0.717) is 0 Å². The van der Waals surface area contributed by atoms with Crippen LogP contribution in [0.5, 0.6) is 5.75 Å². The molecule has 0 aliphatic heterocycles. The van der Waals surface area contributed by atoms with Crippen LogP contribution in [0.15, 0.2) is 39.8 Å². The number of imidazole rings is 1. The van der Waals surface area contributed by atoms with Crippen LogP contribution >= 0.6 is 31.9 Å². The second-order valence-electron chi connectivity index (χ2n) is 3.30. The molecule has 0 unspecified atom stereocenters. The van der Waals surface area contributed by atoms with Gasteiger partial charge in [0.15, 0.2) is 0 Å². The highest BCUT2D eigenvalue weighted by Gasteiger charge is 2.05. The Morgan fingerprint density at radius 3 is 2.44 bits per heavy atom. The van der Waals surface area contributed by atoms with E-state index in [2.05, 4.69) is 36.8 Å². The summed E-state index contributed by atoms with van der Waals surface area (Å²) in [5, 5.41) is 0. The maximum atomic E-state index is 5.11. The minimum absolute atomic E-state index is 0.781. The van der Waals surface area contributed by atoms with Crippen molar-refractivity contribution in [3.05, 3.63) is 45.4 Å². The summed E-state index contributed by atoms with van der Waals surface area (Å²) >= 11 is 6.82. The summed E-state index contributed by atoms with van der Waals surface area (Å²) in [5.41, 5.74) is 1.20. The van der Waals surface area contributed by atoms with Crippen LogP contribution in [-0.2, 0) is 6.54 Å². The zero-order valence-corrected chi connectivity index (χ0v) is 11.8. The van der Waals surface area contributed by atoms with Gasteiger partial charge in [0.05, 0.1) is 13.4 Å². The molecular weight excluding hydrogens is 336 g/mol. The Hall–Kier alpha value is -0.810. The molecule has 1 aromatic heterocycles. The monoisotopic (exact) mass is 344 g/mol. The van der Waals surface area contributed by atoms with Crippen molar-refractivity contribution in [1.82, 2.24) is 9.55 Å². The number of ether oxygens (including phenoxy) is 1. The number of benzene rings is 1. The van der Waals surface area contributed by atoms with Gasteiger partial charge >= 0.3 is 0 Å². The maximum absolute atomic E-state index is 5.11. The molecule has 1 aromatic carbocycles. The second-order valence-corrected chi connectivity index (χ2v) is 4.80. The fraction of sp³-hybridized carbons (Fsp3) is 0.182. The molecule has 84 valence electrons. The molecule has 0 saturated carbocycles. The molecule has 0 fully saturated rings. The average Bonchev–Trinajstić information content (AvgIpc) is 2.62. The first-order valence-corrected chi connectivity index (χ1v) is 6.28. The van der Waals surface area contributed by atoms with Gasteiger partial charge in [-0.3, -0.25) is 0 Å². The van der Waals surface area contributed by atoms with E-state index in [0.717, 1.165) is 21.5 Å². The minimum Gasteiger partial charge on any atom is -0.497 e. The van der Waals surface area contributed by atoms with Crippen molar-refractivity contribution in [1.29, 1.82) is 0 Å². The zero-order valence-electron chi connectivity index (χ0n) is 8.65. The van der Waals surface area contributed by atoms with Gasteiger partial charge in [-0.05, 0) is 49.6 Å². The molecule has 0 N–H and O–H groups in total. The predicted molar refractivity (Wildman–Crippen MR) is 69.7 cm³/mol. The Morgan fingerprint density at radius 1 is 1.25 bits per heavy atom. The van der Waals surface area contributed by atoms with Gasteiger partial charge in [0, 0.05) is 6.54 Å². The van der Waals surface area contributed by atoms with Crippen molar-refractivity contribution in [2.75, 3.05) is 7.11 Å². The largest absolute Gasteiger partial charge is 0.497 e. The molecule has 0 atom stereocenters. The van der Waals surface area contributed by atoms with Gasteiger partial charge in [-0.1, -0.05) is 12.1 Å². The van der Waals surface area contributed by atoms with E-state index in [1.165, 1.54) is 5.56 Å². The fourth-order valence-corrected chi connectivity index (χ4v) is 2.02. The predicted octanol–water partition coefficient (Wildman–Crippen LogP) is 3.47. The van der Waals surface area contributed by atoms with E-state index < -0.39 is 0 Å². The zero-order chi connectivity index (χ0) is 11.5. The third-order valence-electron chi connectivity index (χ3n) is 2.24. The molecular formula is C11H10Br2N2O. The molecule has 2 aromatic rings. The molecule has 0 amide bonds. The summed E-state index contributed by atoms with van der Waals surface area (Å²) in [6.07, 6.45) is 1.79. The highest BCUT2D eigenvalue weighted by Crippen LogP contribution is 2.22. The topological polar surface area (TPSA) is 27.1 Å². The van der Waals surface area contributed by atoms with E-state index in [-0.39, 0.29) is 0 Å². The molecule has 0 saturated heterocycles. The van der Waals surface area contributed by atoms with Crippen molar-refractivity contribution in [2.45, 2.75) is 6.54 Å². The molecule has 16 heavy (non-hydrogen) atoms. The Balaban J connectivity index is 2.17. The van der Waals surface area contributed by atoms with Gasteiger partial charge in [-0.25, -0.2) is 4.98 Å². The standard InChI is InChI=1S/C11H10Br2N2O/c1-16-9-4-2-8(3-5-9)6-15-7-14-10(12)11(15)13/h2-5,7H,6H2,1H3. The van der Waals surface area contributed by atoms with Gasteiger partial charge in [0.25, 0.3) is 0 Å². The number of nitrogens with zero attached hydrogens (tertiary/aromatic N) is 2. The third-order valence-corrected chi connectivity index (χ3v) is 4.19. The summed E-state index contributed by atoms with van der Waals surface area (Å²) < 4.78 is 8.90. The summed E-state index contributed by atoms with van der Waals surface area (Å²) in [5.74, 6) is 0.870.